The van der Waals surface area contributed by atoms with Crippen LogP contribution >= 0.6 is 0 Å². The fourth-order valence-corrected chi connectivity index (χ4v) is 3.56. The predicted octanol–water partition coefficient (Wildman–Crippen LogP) is 3.70. The average molecular weight is 371 g/mol. The molecule has 2 aromatic rings. The Hall–Kier alpha value is -2.89. The van der Waals surface area contributed by atoms with Gasteiger partial charge in [0.2, 0.25) is 0 Å². The molecule has 1 unspecified atom stereocenters. The summed E-state index contributed by atoms with van der Waals surface area (Å²) in [7, 11) is 6.39. The number of amides is 1. The number of nitrogens with zero attached hydrogens (tertiary/aromatic N) is 1. The fraction of sp³-hybridized carbons (Fsp3) is 0.381. The van der Waals surface area contributed by atoms with E-state index in [9.17, 15) is 4.79 Å². The van der Waals surface area contributed by atoms with E-state index >= 15 is 0 Å². The molecule has 144 valence electrons. The van der Waals surface area contributed by atoms with Crippen LogP contribution in [-0.2, 0) is 0 Å². The van der Waals surface area contributed by atoms with Gasteiger partial charge in [-0.2, -0.15) is 0 Å². The Balaban J connectivity index is 1.94. The van der Waals surface area contributed by atoms with E-state index in [1.807, 2.05) is 23.1 Å². The van der Waals surface area contributed by atoms with Gasteiger partial charge >= 0.3 is 0 Å². The topological polar surface area (TPSA) is 57.2 Å². The molecule has 6 heteroatoms. The molecule has 0 spiro atoms. The molecule has 6 nitrogen and oxygen atoms in total. The van der Waals surface area contributed by atoms with Crippen molar-refractivity contribution < 1.29 is 23.7 Å². The number of hydrogen-bond donors (Lipinski definition) is 0. The molecule has 1 aliphatic heterocycles. The highest BCUT2D eigenvalue weighted by Gasteiger charge is 2.33. The van der Waals surface area contributed by atoms with Gasteiger partial charge in [-0.25, -0.2) is 0 Å². The van der Waals surface area contributed by atoms with E-state index < -0.39 is 0 Å². The second-order valence-corrected chi connectivity index (χ2v) is 6.33. The van der Waals surface area contributed by atoms with Crippen LogP contribution in [0.4, 0.5) is 0 Å². The molecule has 0 N–H and O–H groups in total. The Morgan fingerprint density at radius 3 is 2.15 bits per heavy atom. The molecule has 0 aliphatic carbocycles. The number of methoxy groups -OCH3 is 4. The molecule has 1 aliphatic rings. The summed E-state index contributed by atoms with van der Waals surface area (Å²) in [4.78, 5) is 15.2. The van der Waals surface area contributed by atoms with Crippen molar-refractivity contribution in [3.8, 4) is 23.0 Å². The number of benzene rings is 2. The first-order valence-electron chi connectivity index (χ1n) is 8.87. The van der Waals surface area contributed by atoms with Crippen LogP contribution in [0.2, 0.25) is 0 Å². The molecular weight excluding hydrogens is 346 g/mol. The van der Waals surface area contributed by atoms with Gasteiger partial charge in [0.25, 0.3) is 5.91 Å². The number of likely N-dealkylation sites (tertiary alicyclic amines) is 1. The van der Waals surface area contributed by atoms with Gasteiger partial charge in [0.15, 0.2) is 0 Å². The molecule has 1 fully saturated rings. The van der Waals surface area contributed by atoms with Gasteiger partial charge < -0.3 is 23.8 Å². The van der Waals surface area contributed by atoms with Crippen LogP contribution in [0.3, 0.4) is 0 Å². The minimum absolute atomic E-state index is 0.0508. The van der Waals surface area contributed by atoms with E-state index in [1.54, 1.807) is 46.6 Å². The zero-order valence-electron chi connectivity index (χ0n) is 16.2. The average Bonchev–Trinajstić information content (AvgIpc) is 3.21. The van der Waals surface area contributed by atoms with Gasteiger partial charge in [0, 0.05) is 24.2 Å². The van der Waals surface area contributed by atoms with Crippen molar-refractivity contribution in [2.24, 2.45) is 0 Å². The van der Waals surface area contributed by atoms with E-state index in [0.29, 0.717) is 23.6 Å². The van der Waals surface area contributed by atoms with Crippen molar-refractivity contribution in [3.05, 3.63) is 47.5 Å². The monoisotopic (exact) mass is 371 g/mol. The lowest BCUT2D eigenvalue weighted by atomic mass is 10.0. The number of rotatable bonds is 6. The fourth-order valence-electron chi connectivity index (χ4n) is 3.56. The molecule has 0 bridgehead atoms. The molecule has 1 saturated heterocycles. The Bertz CT molecular complexity index is 820. The standard InChI is InChI=1S/C21H25NO5/c1-24-14-7-9-16(19(12-14)26-3)18-6-5-11-22(18)21(23)17-10-8-15(25-2)13-20(17)27-4/h7-10,12-13,18H,5-6,11H2,1-4H3. The molecular formula is C21H25NO5. The van der Waals surface area contributed by atoms with Crippen LogP contribution in [0.25, 0.3) is 0 Å². The maximum atomic E-state index is 13.3. The van der Waals surface area contributed by atoms with Crippen molar-refractivity contribution in [1.82, 2.24) is 4.90 Å². The Morgan fingerprint density at radius 2 is 1.52 bits per heavy atom. The third kappa shape index (κ3) is 3.65. The molecule has 0 aromatic heterocycles. The van der Waals surface area contributed by atoms with Gasteiger partial charge in [-0.1, -0.05) is 0 Å². The lowest BCUT2D eigenvalue weighted by molar-refractivity contribution is 0.0730. The summed E-state index contributed by atoms with van der Waals surface area (Å²) in [6.07, 6.45) is 1.82. The summed E-state index contributed by atoms with van der Waals surface area (Å²) in [6.45, 7) is 0.688. The van der Waals surface area contributed by atoms with E-state index in [2.05, 4.69) is 0 Å². The molecule has 2 aromatic carbocycles. The van der Waals surface area contributed by atoms with Crippen molar-refractivity contribution in [2.45, 2.75) is 18.9 Å². The Morgan fingerprint density at radius 1 is 0.889 bits per heavy atom. The lowest BCUT2D eigenvalue weighted by Crippen LogP contribution is -2.31. The van der Waals surface area contributed by atoms with Crippen molar-refractivity contribution in [1.29, 1.82) is 0 Å². The van der Waals surface area contributed by atoms with Crippen molar-refractivity contribution in [3.63, 3.8) is 0 Å². The molecule has 0 radical (unpaired) electrons. The lowest BCUT2D eigenvalue weighted by Gasteiger charge is -2.27. The van der Waals surface area contributed by atoms with Crippen LogP contribution < -0.4 is 18.9 Å². The third-order valence-corrected chi connectivity index (χ3v) is 4.95. The van der Waals surface area contributed by atoms with Gasteiger partial charge in [-0.15, -0.1) is 0 Å². The summed E-state index contributed by atoms with van der Waals surface area (Å²) in [5, 5.41) is 0. The first-order valence-corrected chi connectivity index (χ1v) is 8.87. The number of carbonyl (C=O) groups is 1. The minimum Gasteiger partial charge on any atom is -0.497 e. The second kappa shape index (κ2) is 8.20. The zero-order chi connectivity index (χ0) is 19.4. The zero-order valence-corrected chi connectivity index (χ0v) is 16.2. The van der Waals surface area contributed by atoms with E-state index in [-0.39, 0.29) is 11.9 Å². The predicted molar refractivity (Wildman–Crippen MR) is 102 cm³/mol. The largest absolute Gasteiger partial charge is 0.497 e. The summed E-state index contributed by atoms with van der Waals surface area (Å²) in [5.41, 5.74) is 1.51. The maximum Gasteiger partial charge on any atom is 0.258 e. The van der Waals surface area contributed by atoms with Gasteiger partial charge in [-0.3, -0.25) is 4.79 Å². The molecule has 1 atom stereocenters. The quantitative estimate of drug-likeness (QED) is 0.775. The molecule has 0 saturated carbocycles. The first kappa shape index (κ1) is 18.9. The van der Waals surface area contributed by atoms with Crippen molar-refractivity contribution >= 4 is 5.91 Å². The van der Waals surface area contributed by atoms with Crippen LogP contribution in [-0.4, -0.2) is 45.8 Å². The highest BCUT2D eigenvalue weighted by molar-refractivity contribution is 5.97. The Kier molecular flexibility index (Phi) is 5.74. The normalized spacial score (nSPS) is 16.1. The number of hydrogen-bond acceptors (Lipinski definition) is 5. The van der Waals surface area contributed by atoms with Gasteiger partial charge in [0.05, 0.1) is 40.0 Å². The second-order valence-electron chi connectivity index (χ2n) is 6.33. The summed E-state index contributed by atoms with van der Waals surface area (Å²) >= 11 is 0. The third-order valence-electron chi connectivity index (χ3n) is 4.95. The highest BCUT2D eigenvalue weighted by atomic mass is 16.5. The highest BCUT2D eigenvalue weighted by Crippen LogP contribution is 2.40. The molecule has 3 rings (SSSR count). The summed E-state index contributed by atoms with van der Waals surface area (Å²) in [5.74, 6) is 2.55. The van der Waals surface area contributed by atoms with Crippen LogP contribution in [0, 0.1) is 0 Å². The van der Waals surface area contributed by atoms with Crippen LogP contribution in [0.15, 0.2) is 36.4 Å². The molecule has 1 amide bonds. The van der Waals surface area contributed by atoms with E-state index in [0.717, 1.165) is 29.9 Å². The van der Waals surface area contributed by atoms with Gasteiger partial charge in [0.1, 0.15) is 23.0 Å². The summed E-state index contributed by atoms with van der Waals surface area (Å²) < 4.78 is 21.5. The SMILES string of the molecule is COc1ccc(C(=O)N2CCCC2c2ccc(OC)cc2OC)c(OC)c1. The Labute approximate surface area is 159 Å². The molecule has 1 heterocycles. The minimum atomic E-state index is -0.0603. The maximum absolute atomic E-state index is 13.3. The van der Waals surface area contributed by atoms with E-state index in [4.69, 9.17) is 18.9 Å². The van der Waals surface area contributed by atoms with E-state index in [1.165, 1.54) is 0 Å². The van der Waals surface area contributed by atoms with Crippen LogP contribution in [0.5, 0.6) is 23.0 Å². The first-order chi connectivity index (χ1) is 13.1. The van der Waals surface area contributed by atoms with Gasteiger partial charge in [-0.05, 0) is 37.1 Å². The number of carbonyl (C=O) groups excluding carboxylic acids is 1. The number of ether oxygens (including phenoxy) is 4. The molecule has 27 heavy (non-hydrogen) atoms. The van der Waals surface area contributed by atoms with Crippen molar-refractivity contribution in [2.75, 3.05) is 35.0 Å². The van der Waals surface area contributed by atoms with Crippen LogP contribution in [0.1, 0.15) is 34.8 Å². The smallest absolute Gasteiger partial charge is 0.258 e. The summed E-state index contributed by atoms with van der Waals surface area (Å²) in [6, 6.07) is 10.9.